The topological polar surface area (TPSA) is 66.4 Å². The maximum atomic E-state index is 13.5. The molecular weight excluding hydrogens is 256 g/mol. The van der Waals surface area contributed by atoms with Gasteiger partial charge in [0.2, 0.25) is 5.91 Å². The number of nitrogens with one attached hydrogen (secondary N) is 1. The summed E-state index contributed by atoms with van der Waals surface area (Å²) in [5.41, 5.74) is 0.366. The van der Waals surface area contributed by atoms with E-state index in [0.29, 0.717) is 5.56 Å². The van der Waals surface area contributed by atoms with Crippen LogP contribution in [-0.2, 0) is 9.59 Å². The molecule has 0 saturated heterocycles. The zero-order chi connectivity index (χ0) is 14.4. The third-order valence-corrected chi connectivity index (χ3v) is 2.72. The molecule has 104 valence electrons. The highest BCUT2D eigenvalue weighted by molar-refractivity contribution is 5.84. The van der Waals surface area contributed by atoms with Crippen LogP contribution >= 0.6 is 0 Å². The largest absolute Gasteiger partial charge is 0.480 e. The van der Waals surface area contributed by atoms with Gasteiger partial charge in [-0.3, -0.25) is 4.79 Å². The normalized spacial score (nSPS) is 13.6. The van der Waals surface area contributed by atoms with Crippen LogP contribution in [0.3, 0.4) is 0 Å². The molecule has 1 rings (SSSR count). The van der Waals surface area contributed by atoms with Crippen LogP contribution in [0.2, 0.25) is 0 Å². The van der Waals surface area contributed by atoms with Gasteiger partial charge in [-0.15, -0.1) is 0 Å². The number of benzene rings is 1. The minimum atomic E-state index is -1.56. The Morgan fingerprint density at radius 2 is 2.00 bits per heavy atom. The van der Waals surface area contributed by atoms with Crippen LogP contribution in [0.1, 0.15) is 24.8 Å². The van der Waals surface area contributed by atoms with E-state index in [4.69, 9.17) is 5.11 Å². The molecule has 0 aromatic heterocycles. The Bertz CT molecular complexity index is 465. The summed E-state index contributed by atoms with van der Waals surface area (Å²) in [6.07, 6.45) is -0.106. The Morgan fingerprint density at radius 1 is 1.37 bits per heavy atom. The van der Waals surface area contributed by atoms with E-state index < -0.39 is 36.3 Å². The van der Waals surface area contributed by atoms with Crippen LogP contribution in [0.5, 0.6) is 0 Å². The maximum absolute atomic E-state index is 13.5. The van der Waals surface area contributed by atoms with Gasteiger partial charge < -0.3 is 10.4 Å². The molecule has 0 heterocycles. The molecule has 0 spiro atoms. The number of amides is 1. The number of carbonyl (C=O) groups excluding carboxylic acids is 1. The maximum Gasteiger partial charge on any atom is 0.328 e. The molecule has 0 radical (unpaired) electrons. The van der Waals surface area contributed by atoms with Gasteiger partial charge in [0.05, 0.1) is 0 Å². The molecule has 0 aliphatic heterocycles. The summed E-state index contributed by atoms with van der Waals surface area (Å²) in [7, 11) is 0. The van der Waals surface area contributed by atoms with Crippen LogP contribution in [-0.4, -0.2) is 29.7 Å². The van der Waals surface area contributed by atoms with E-state index in [0.717, 1.165) is 0 Å². The SMILES string of the molecule is CC(CC(=O)NC(CF)C(=O)O)c1ccccc1F. The molecule has 1 aromatic rings. The second kappa shape index (κ2) is 6.82. The first-order chi connectivity index (χ1) is 8.95. The Balaban J connectivity index is 2.62. The van der Waals surface area contributed by atoms with Gasteiger partial charge in [-0.25, -0.2) is 13.6 Å². The van der Waals surface area contributed by atoms with Gasteiger partial charge >= 0.3 is 5.97 Å². The van der Waals surface area contributed by atoms with Crippen molar-refractivity contribution in [3.05, 3.63) is 35.6 Å². The predicted molar refractivity (Wildman–Crippen MR) is 65.0 cm³/mol. The van der Waals surface area contributed by atoms with Crippen molar-refractivity contribution in [2.75, 3.05) is 6.67 Å². The fourth-order valence-electron chi connectivity index (χ4n) is 1.68. The van der Waals surface area contributed by atoms with Gasteiger partial charge in [0.1, 0.15) is 12.5 Å². The number of aliphatic carboxylic acids is 1. The first-order valence-corrected chi connectivity index (χ1v) is 5.78. The van der Waals surface area contributed by atoms with Crippen molar-refractivity contribution in [2.45, 2.75) is 25.3 Å². The molecule has 0 fully saturated rings. The summed E-state index contributed by atoms with van der Waals surface area (Å²) in [4.78, 5) is 22.1. The lowest BCUT2D eigenvalue weighted by molar-refractivity contribution is -0.142. The van der Waals surface area contributed by atoms with Gasteiger partial charge in [-0.1, -0.05) is 25.1 Å². The lowest BCUT2D eigenvalue weighted by Crippen LogP contribution is -2.42. The number of halogens is 2. The Kier molecular flexibility index (Phi) is 5.41. The second-order valence-corrected chi connectivity index (χ2v) is 4.24. The fraction of sp³-hybridized carbons (Fsp3) is 0.385. The lowest BCUT2D eigenvalue weighted by Gasteiger charge is -2.15. The van der Waals surface area contributed by atoms with Crippen molar-refractivity contribution < 1.29 is 23.5 Å². The van der Waals surface area contributed by atoms with E-state index in [9.17, 15) is 18.4 Å². The summed E-state index contributed by atoms with van der Waals surface area (Å²) >= 11 is 0. The first-order valence-electron chi connectivity index (χ1n) is 5.78. The van der Waals surface area contributed by atoms with Gasteiger partial charge in [-0.05, 0) is 17.5 Å². The van der Waals surface area contributed by atoms with Crippen molar-refractivity contribution in [3.8, 4) is 0 Å². The highest BCUT2D eigenvalue weighted by atomic mass is 19.1. The summed E-state index contributed by atoms with van der Waals surface area (Å²) < 4.78 is 25.8. The number of alkyl halides is 1. The molecule has 0 aliphatic carbocycles. The molecule has 1 aromatic carbocycles. The monoisotopic (exact) mass is 271 g/mol. The Hall–Kier alpha value is -1.98. The van der Waals surface area contributed by atoms with Crippen LogP contribution in [0.25, 0.3) is 0 Å². The summed E-state index contributed by atoms with van der Waals surface area (Å²) in [6, 6.07) is 4.46. The molecule has 0 bridgehead atoms. The third-order valence-electron chi connectivity index (χ3n) is 2.72. The fourth-order valence-corrected chi connectivity index (χ4v) is 1.68. The molecule has 0 saturated carbocycles. The average molecular weight is 271 g/mol. The van der Waals surface area contributed by atoms with Crippen molar-refractivity contribution in [1.82, 2.24) is 5.32 Å². The molecule has 0 aliphatic rings. The quantitative estimate of drug-likeness (QED) is 0.830. The van der Waals surface area contributed by atoms with E-state index in [-0.39, 0.29) is 6.42 Å². The van der Waals surface area contributed by atoms with Crippen LogP contribution in [0.4, 0.5) is 8.78 Å². The van der Waals surface area contributed by atoms with Crippen LogP contribution in [0, 0.1) is 5.82 Å². The minimum absolute atomic E-state index is 0.106. The van der Waals surface area contributed by atoms with Gasteiger partial charge in [0.25, 0.3) is 0 Å². The molecule has 2 N–H and O–H groups in total. The summed E-state index contributed by atoms with van der Waals surface area (Å²) in [5, 5.41) is 10.7. The van der Waals surface area contributed by atoms with Crippen LogP contribution in [0.15, 0.2) is 24.3 Å². The molecule has 1 amide bonds. The lowest BCUT2D eigenvalue weighted by atomic mass is 9.97. The first kappa shape index (κ1) is 15.1. The van der Waals surface area contributed by atoms with E-state index in [1.54, 1.807) is 19.1 Å². The highest BCUT2D eigenvalue weighted by Crippen LogP contribution is 2.21. The van der Waals surface area contributed by atoms with E-state index in [2.05, 4.69) is 5.32 Å². The molecule has 6 heteroatoms. The van der Waals surface area contributed by atoms with Crippen molar-refractivity contribution in [1.29, 1.82) is 0 Å². The van der Waals surface area contributed by atoms with Gasteiger partial charge in [-0.2, -0.15) is 0 Å². The molecular formula is C13H15F2NO3. The molecule has 2 atom stereocenters. The summed E-state index contributed by atoms with van der Waals surface area (Å²) in [6.45, 7) is 0.457. The average Bonchev–Trinajstić information content (AvgIpc) is 2.35. The summed E-state index contributed by atoms with van der Waals surface area (Å²) in [5.74, 6) is -2.91. The van der Waals surface area contributed by atoms with E-state index in [1.165, 1.54) is 12.1 Å². The van der Waals surface area contributed by atoms with Gasteiger partial charge in [0, 0.05) is 6.42 Å². The Labute approximate surface area is 109 Å². The number of hydrogen-bond donors (Lipinski definition) is 2. The third kappa shape index (κ3) is 4.31. The molecule has 2 unspecified atom stereocenters. The van der Waals surface area contributed by atoms with Crippen molar-refractivity contribution in [2.24, 2.45) is 0 Å². The standard InChI is InChI=1S/C13H15F2NO3/c1-8(9-4-2-3-5-10(9)15)6-12(17)16-11(7-14)13(18)19/h2-5,8,11H,6-7H2,1H3,(H,16,17)(H,18,19). The second-order valence-electron chi connectivity index (χ2n) is 4.24. The number of carbonyl (C=O) groups is 2. The number of hydrogen-bond acceptors (Lipinski definition) is 2. The van der Waals surface area contributed by atoms with Gasteiger partial charge in [0.15, 0.2) is 6.04 Å². The smallest absolute Gasteiger partial charge is 0.328 e. The van der Waals surface area contributed by atoms with E-state index in [1.807, 2.05) is 0 Å². The van der Waals surface area contributed by atoms with Crippen molar-refractivity contribution in [3.63, 3.8) is 0 Å². The number of carboxylic acid groups (broad SMARTS) is 1. The minimum Gasteiger partial charge on any atom is -0.480 e. The molecule has 19 heavy (non-hydrogen) atoms. The Morgan fingerprint density at radius 3 is 2.53 bits per heavy atom. The zero-order valence-corrected chi connectivity index (χ0v) is 10.4. The number of rotatable bonds is 6. The van der Waals surface area contributed by atoms with E-state index >= 15 is 0 Å². The molecule has 4 nitrogen and oxygen atoms in total. The predicted octanol–water partition coefficient (Wildman–Crippen LogP) is 1.86. The van der Waals surface area contributed by atoms with Crippen LogP contribution < -0.4 is 5.32 Å². The highest BCUT2D eigenvalue weighted by Gasteiger charge is 2.21. The van der Waals surface area contributed by atoms with Crippen molar-refractivity contribution >= 4 is 11.9 Å². The zero-order valence-electron chi connectivity index (χ0n) is 10.4. The number of carboxylic acids is 1.